The van der Waals surface area contributed by atoms with Gasteiger partial charge in [0.25, 0.3) is 11.8 Å². The number of amides is 2. The number of nitrogens with one attached hydrogen (secondary N) is 1. The third-order valence-corrected chi connectivity index (χ3v) is 4.06. The molecule has 0 fully saturated rings. The number of hydrogen-bond acceptors (Lipinski definition) is 3. The number of nitrogens with zero attached hydrogens (tertiary/aromatic N) is 2. The number of unbranched alkanes of at least 4 members (excludes halogenated alkanes) is 1. The molecule has 0 unspecified atom stereocenters. The second-order valence-electron chi connectivity index (χ2n) is 5.47. The molecule has 2 amide bonds. The summed E-state index contributed by atoms with van der Waals surface area (Å²) in [5.41, 5.74) is 1.35. The van der Waals surface area contributed by atoms with Crippen LogP contribution in [0.2, 0.25) is 0 Å². The van der Waals surface area contributed by atoms with E-state index in [0.717, 1.165) is 17.3 Å². The summed E-state index contributed by atoms with van der Waals surface area (Å²) in [4.78, 5) is 30.4. The van der Waals surface area contributed by atoms with Gasteiger partial charge in [0.2, 0.25) is 0 Å². The number of rotatable bonds is 6. The maximum absolute atomic E-state index is 12.4. The van der Waals surface area contributed by atoms with E-state index < -0.39 is 0 Å². The fourth-order valence-corrected chi connectivity index (χ4v) is 2.40. The van der Waals surface area contributed by atoms with Gasteiger partial charge >= 0.3 is 0 Å². The maximum atomic E-state index is 12.4. The van der Waals surface area contributed by atoms with E-state index in [-0.39, 0.29) is 17.5 Å². The molecular formula is C18H20BrN3O2. The standard InChI is InChI=1S/C18H20BrN3O2/c1-3-4-11-22(2)18(24)13-9-10-20-16(12-13)17(23)21-15-7-5-14(19)6-8-15/h5-10,12H,3-4,11H2,1-2H3,(H,21,23). The summed E-state index contributed by atoms with van der Waals surface area (Å²) in [6.07, 6.45) is 3.45. The van der Waals surface area contributed by atoms with Gasteiger partial charge in [-0.25, -0.2) is 0 Å². The van der Waals surface area contributed by atoms with Crippen molar-refractivity contribution in [1.82, 2.24) is 9.88 Å². The van der Waals surface area contributed by atoms with Crippen molar-refractivity contribution in [3.8, 4) is 0 Å². The van der Waals surface area contributed by atoms with Gasteiger partial charge in [-0.15, -0.1) is 0 Å². The number of pyridine rings is 1. The van der Waals surface area contributed by atoms with E-state index in [1.807, 2.05) is 12.1 Å². The highest BCUT2D eigenvalue weighted by atomic mass is 79.9. The Kier molecular flexibility index (Phi) is 6.49. The second-order valence-corrected chi connectivity index (χ2v) is 6.39. The topological polar surface area (TPSA) is 62.3 Å². The number of hydrogen-bond donors (Lipinski definition) is 1. The lowest BCUT2D eigenvalue weighted by atomic mass is 10.2. The van der Waals surface area contributed by atoms with Crippen LogP contribution in [0.5, 0.6) is 0 Å². The molecule has 2 aromatic rings. The van der Waals surface area contributed by atoms with E-state index in [9.17, 15) is 9.59 Å². The number of anilines is 1. The third kappa shape index (κ3) is 4.89. The molecule has 0 aliphatic heterocycles. The lowest BCUT2D eigenvalue weighted by Crippen LogP contribution is -2.28. The van der Waals surface area contributed by atoms with Gasteiger partial charge < -0.3 is 10.2 Å². The fourth-order valence-electron chi connectivity index (χ4n) is 2.13. The van der Waals surface area contributed by atoms with E-state index in [0.29, 0.717) is 17.8 Å². The zero-order valence-corrected chi connectivity index (χ0v) is 15.3. The smallest absolute Gasteiger partial charge is 0.274 e. The molecule has 1 N–H and O–H groups in total. The number of carbonyl (C=O) groups excluding carboxylic acids is 2. The van der Waals surface area contributed by atoms with Crippen molar-refractivity contribution in [1.29, 1.82) is 0 Å². The first-order valence-electron chi connectivity index (χ1n) is 7.79. The average molecular weight is 390 g/mol. The SMILES string of the molecule is CCCCN(C)C(=O)c1ccnc(C(=O)Nc2ccc(Br)cc2)c1. The van der Waals surface area contributed by atoms with Crippen molar-refractivity contribution in [2.45, 2.75) is 19.8 Å². The number of benzene rings is 1. The summed E-state index contributed by atoms with van der Waals surface area (Å²) >= 11 is 3.35. The first kappa shape index (κ1) is 18.1. The Morgan fingerprint density at radius 3 is 2.58 bits per heavy atom. The van der Waals surface area contributed by atoms with Crippen molar-refractivity contribution in [2.75, 3.05) is 18.9 Å². The van der Waals surface area contributed by atoms with Gasteiger partial charge in [-0.2, -0.15) is 0 Å². The molecule has 1 aromatic carbocycles. The molecule has 0 aliphatic rings. The number of aromatic nitrogens is 1. The Hall–Kier alpha value is -2.21. The molecule has 0 bridgehead atoms. The van der Waals surface area contributed by atoms with E-state index in [1.54, 1.807) is 30.1 Å². The zero-order chi connectivity index (χ0) is 17.5. The van der Waals surface area contributed by atoms with Crippen LogP contribution in [0.25, 0.3) is 0 Å². The van der Waals surface area contributed by atoms with Crippen molar-refractivity contribution >= 4 is 33.4 Å². The summed E-state index contributed by atoms with van der Waals surface area (Å²) < 4.78 is 0.932. The lowest BCUT2D eigenvalue weighted by Gasteiger charge is -2.16. The first-order chi connectivity index (χ1) is 11.5. The molecule has 24 heavy (non-hydrogen) atoms. The molecule has 5 nitrogen and oxygen atoms in total. The predicted molar refractivity (Wildman–Crippen MR) is 98.2 cm³/mol. The van der Waals surface area contributed by atoms with Gasteiger partial charge in [0.15, 0.2) is 0 Å². The van der Waals surface area contributed by atoms with Crippen LogP contribution >= 0.6 is 15.9 Å². The van der Waals surface area contributed by atoms with E-state index >= 15 is 0 Å². The minimum absolute atomic E-state index is 0.108. The van der Waals surface area contributed by atoms with Gasteiger partial charge in [-0.1, -0.05) is 29.3 Å². The molecular weight excluding hydrogens is 370 g/mol. The van der Waals surface area contributed by atoms with Gasteiger partial charge in [-0.05, 0) is 42.8 Å². The molecule has 6 heteroatoms. The Morgan fingerprint density at radius 2 is 1.92 bits per heavy atom. The van der Waals surface area contributed by atoms with Crippen LogP contribution in [0.3, 0.4) is 0 Å². The molecule has 0 radical (unpaired) electrons. The van der Waals surface area contributed by atoms with E-state index in [4.69, 9.17) is 0 Å². The molecule has 0 saturated carbocycles. The minimum Gasteiger partial charge on any atom is -0.342 e. The van der Waals surface area contributed by atoms with Crippen LogP contribution in [-0.2, 0) is 0 Å². The van der Waals surface area contributed by atoms with Gasteiger partial charge in [0.1, 0.15) is 5.69 Å². The molecule has 2 rings (SSSR count). The molecule has 0 spiro atoms. The Bertz CT molecular complexity index is 716. The fraction of sp³-hybridized carbons (Fsp3) is 0.278. The van der Waals surface area contributed by atoms with Crippen molar-refractivity contribution in [3.63, 3.8) is 0 Å². The van der Waals surface area contributed by atoms with Crippen LogP contribution < -0.4 is 5.32 Å². The Labute approximate surface area is 150 Å². The van der Waals surface area contributed by atoms with Crippen molar-refractivity contribution in [3.05, 3.63) is 58.3 Å². The summed E-state index contributed by atoms with van der Waals surface area (Å²) in [5, 5.41) is 2.77. The molecule has 0 saturated heterocycles. The monoisotopic (exact) mass is 389 g/mol. The molecule has 0 atom stereocenters. The molecule has 126 valence electrons. The number of carbonyl (C=O) groups is 2. The van der Waals surface area contributed by atoms with Crippen molar-refractivity contribution in [2.24, 2.45) is 0 Å². The van der Waals surface area contributed by atoms with Gasteiger partial charge in [0.05, 0.1) is 0 Å². The van der Waals surface area contributed by atoms with Gasteiger partial charge in [-0.3, -0.25) is 14.6 Å². The number of halogens is 1. The zero-order valence-electron chi connectivity index (χ0n) is 13.8. The van der Waals surface area contributed by atoms with Crippen LogP contribution in [0.1, 0.15) is 40.6 Å². The molecule has 1 heterocycles. The highest BCUT2D eigenvalue weighted by Gasteiger charge is 2.15. The lowest BCUT2D eigenvalue weighted by molar-refractivity contribution is 0.0793. The maximum Gasteiger partial charge on any atom is 0.274 e. The first-order valence-corrected chi connectivity index (χ1v) is 8.59. The van der Waals surface area contributed by atoms with Crippen LogP contribution in [0.4, 0.5) is 5.69 Å². The normalized spacial score (nSPS) is 10.3. The van der Waals surface area contributed by atoms with Crippen LogP contribution in [0, 0.1) is 0 Å². The summed E-state index contributed by atoms with van der Waals surface area (Å²) in [5.74, 6) is -0.452. The minimum atomic E-state index is -0.344. The Morgan fingerprint density at radius 1 is 1.21 bits per heavy atom. The highest BCUT2D eigenvalue weighted by Crippen LogP contribution is 2.15. The second kappa shape index (κ2) is 8.59. The predicted octanol–water partition coefficient (Wildman–Crippen LogP) is 3.97. The van der Waals surface area contributed by atoms with Crippen molar-refractivity contribution < 1.29 is 9.59 Å². The van der Waals surface area contributed by atoms with Gasteiger partial charge in [0, 0.05) is 35.5 Å². The van der Waals surface area contributed by atoms with Crippen LogP contribution in [0.15, 0.2) is 47.1 Å². The molecule has 1 aromatic heterocycles. The average Bonchev–Trinajstić information content (AvgIpc) is 2.61. The van der Waals surface area contributed by atoms with E-state index in [2.05, 4.69) is 33.2 Å². The molecule has 0 aliphatic carbocycles. The summed E-state index contributed by atoms with van der Waals surface area (Å²) in [6, 6.07) is 10.4. The summed E-state index contributed by atoms with van der Waals surface area (Å²) in [6.45, 7) is 2.77. The Balaban J connectivity index is 2.10. The quantitative estimate of drug-likeness (QED) is 0.812. The highest BCUT2D eigenvalue weighted by molar-refractivity contribution is 9.10. The summed E-state index contributed by atoms with van der Waals surface area (Å²) in [7, 11) is 1.76. The largest absolute Gasteiger partial charge is 0.342 e. The third-order valence-electron chi connectivity index (χ3n) is 3.54. The van der Waals surface area contributed by atoms with Crippen LogP contribution in [-0.4, -0.2) is 35.3 Å². The van der Waals surface area contributed by atoms with E-state index in [1.165, 1.54) is 12.3 Å².